The monoisotopic (exact) mass is 961 g/mol. The maximum absolute atomic E-state index is 13.5. The Morgan fingerprint density at radius 3 is 1.81 bits per heavy atom. The van der Waals surface area contributed by atoms with Gasteiger partial charge in [0.2, 0.25) is 23.7 Å². The Hall–Kier alpha value is -8.76. The van der Waals surface area contributed by atoms with Crippen LogP contribution in [0.4, 0.5) is 17.6 Å². The number of rotatable bonds is 20. The molecule has 0 saturated heterocycles. The van der Waals surface area contributed by atoms with Gasteiger partial charge in [-0.1, -0.05) is 32.1 Å². The molecular weight excluding hydrogens is 903 g/mol. The van der Waals surface area contributed by atoms with Gasteiger partial charge in [0.1, 0.15) is 40.5 Å². The summed E-state index contributed by atoms with van der Waals surface area (Å²) in [5.41, 5.74) is 16.5. The molecule has 0 unspecified atom stereocenters. The number of hydrogen-bond donors (Lipinski definition) is 6. The largest absolute Gasteiger partial charge is 0.494 e. The van der Waals surface area contributed by atoms with Crippen molar-refractivity contribution in [1.82, 2.24) is 48.4 Å². The van der Waals surface area contributed by atoms with Crippen LogP contribution in [0.5, 0.6) is 11.5 Å². The number of carboxylic acids is 1. The number of aldehydes is 1. The molecule has 7 aromatic rings. The van der Waals surface area contributed by atoms with Crippen molar-refractivity contribution in [1.29, 1.82) is 0 Å². The maximum atomic E-state index is 13.5. The number of nitrogens with one attached hydrogen (secondary N) is 3. The minimum Gasteiger partial charge on any atom is -0.494 e. The Balaban J connectivity index is 0.000000670. The van der Waals surface area contributed by atoms with Crippen molar-refractivity contribution >= 4 is 69.6 Å². The third-order valence-electron chi connectivity index (χ3n) is 10.4. The first kappa shape index (κ1) is 52.2. The first-order valence-corrected chi connectivity index (χ1v) is 22.3. The molecule has 5 heterocycles. The van der Waals surface area contributed by atoms with Crippen LogP contribution in [-0.2, 0) is 32.7 Å². The predicted octanol–water partition coefficient (Wildman–Crippen LogP) is 5.29. The van der Waals surface area contributed by atoms with E-state index in [1.165, 1.54) is 23.9 Å². The van der Waals surface area contributed by atoms with Crippen molar-refractivity contribution < 1.29 is 38.6 Å². The fourth-order valence-electron chi connectivity index (χ4n) is 7.30. The maximum Gasteiger partial charge on any atom is 0.358 e. The molecule has 0 aliphatic heterocycles. The highest BCUT2D eigenvalue weighted by Crippen LogP contribution is 2.33. The number of primary amides is 2. The number of amides is 3. The highest BCUT2D eigenvalue weighted by molar-refractivity contribution is 6.04. The standard InChI is InChI=1S/C38H43N13O7.C7H10N2O.C2H6/c1-6-51-27(15-21(2)46-51)35(54)45-38-44-24-16-22(33(39)52)18-28(57-5)31(24)50(38)13-8-7-12-49-32-25(43-37(49)42-4)17-23(34(40)53)19-29(32)58-14-10-9-11-48-20-26(41-3)30(47-48)36(55)56;1-3-9-7(5-10)4-6(2)8-9;1-2/h7-10,15-20,41H,6,11-14H2,1-5H3,(H2,39,52)(H2,40,53)(H,42,43)(H,55,56)(H,44,45,54);4-5H,3H2,1-2H3;1-2H3/b8-7+,10-9+;;. The highest BCUT2D eigenvalue weighted by Gasteiger charge is 2.22. The molecule has 370 valence electrons. The first-order chi connectivity index (χ1) is 33.6. The number of imidazole rings is 2. The zero-order chi connectivity index (χ0) is 51.2. The number of fused-ring (bicyclic) bond motifs is 2. The summed E-state index contributed by atoms with van der Waals surface area (Å²) in [7, 11) is 4.80. The van der Waals surface area contributed by atoms with Crippen LogP contribution in [0.3, 0.4) is 0 Å². The quantitative estimate of drug-likeness (QED) is 0.0418. The molecule has 0 aliphatic carbocycles. The van der Waals surface area contributed by atoms with Crippen LogP contribution in [0.1, 0.15) is 91.3 Å². The summed E-state index contributed by atoms with van der Waals surface area (Å²) in [6, 6.07) is 9.66. The topological polar surface area (TPSA) is 301 Å². The van der Waals surface area contributed by atoms with Crippen molar-refractivity contribution in [2.75, 3.05) is 43.8 Å². The number of hydrogen-bond acceptors (Lipinski definition) is 14. The van der Waals surface area contributed by atoms with E-state index >= 15 is 0 Å². The molecule has 0 aliphatic rings. The van der Waals surface area contributed by atoms with Crippen LogP contribution < -0.4 is 36.9 Å². The SMILES string of the molecule is CC.CCn1nc(C)cc1C(=O)Nc1nc2cc(C(N)=O)cc(OC)c2n1C/C=C/Cn1c(NC)nc2cc(C(N)=O)cc(OC/C=C/Cn3cc(NC)c(C(=O)O)n3)c21.CCn1nc(C)cc1C=O. The van der Waals surface area contributed by atoms with Gasteiger partial charge < -0.3 is 45.8 Å². The molecule has 5 aromatic heterocycles. The predicted molar refractivity (Wildman–Crippen MR) is 265 cm³/mol. The Morgan fingerprint density at radius 2 is 1.29 bits per heavy atom. The number of carboxylic acid groups (broad SMARTS) is 1. The van der Waals surface area contributed by atoms with Gasteiger partial charge in [0.25, 0.3) is 5.91 Å². The van der Waals surface area contributed by atoms with Crippen molar-refractivity contribution in [3.63, 3.8) is 0 Å². The molecular formula is C47H59N15O8. The van der Waals surface area contributed by atoms with Gasteiger partial charge in [0.05, 0.1) is 41.8 Å². The zero-order valence-corrected chi connectivity index (χ0v) is 40.6. The van der Waals surface area contributed by atoms with Crippen molar-refractivity contribution in [2.45, 2.75) is 74.3 Å². The Labute approximate surface area is 403 Å². The average Bonchev–Trinajstić information content (AvgIpc) is 4.19. The molecule has 7 rings (SSSR count). The van der Waals surface area contributed by atoms with E-state index in [1.54, 1.807) is 77.6 Å². The van der Waals surface area contributed by atoms with E-state index in [4.69, 9.17) is 20.9 Å². The number of aromatic carboxylic acids is 1. The van der Waals surface area contributed by atoms with Crippen LogP contribution in [0, 0.1) is 13.8 Å². The molecule has 0 spiro atoms. The average molecular weight is 962 g/mol. The number of benzene rings is 2. The van der Waals surface area contributed by atoms with E-state index < -0.39 is 23.7 Å². The Morgan fingerprint density at radius 1 is 0.729 bits per heavy atom. The molecule has 23 nitrogen and oxygen atoms in total. The number of anilines is 3. The van der Waals surface area contributed by atoms with Crippen LogP contribution >= 0.6 is 0 Å². The molecule has 0 radical (unpaired) electrons. The summed E-state index contributed by atoms with van der Waals surface area (Å²) < 4.78 is 20.2. The number of methoxy groups -OCH3 is 1. The van der Waals surface area contributed by atoms with E-state index in [-0.39, 0.29) is 42.5 Å². The number of ether oxygens (including phenoxy) is 2. The van der Waals surface area contributed by atoms with Crippen molar-refractivity contribution in [3.05, 3.63) is 106 Å². The Bertz CT molecular complexity index is 3080. The second kappa shape index (κ2) is 23.8. The molecule has 8 N–H and O–H groups in total. The molecule has 70 heavy (non-hydrogen) atoms. The summed E-state index contributed by atoms with van der Waals surface area (Å²) in [5, 5.41) is 30.7. The molecule has 0 atom stereocenters. The number of aryl methyl sites for hydroxylation is 4. The third kappa shape index (κ3) is 11.8. The number of allylic oxidation sites excluding steroid dienone is 3. The van der Waals surface area contributed by atoms with Crippen LogP contribution in [0.25, 0.3) is 22.1 Å². The van der Waals surface area contributed by atoms with E-state index in [0.29, 0.717) is 75.4 Å². The normalized spacial score (nSPS) is 11.0. The lowest BCUT2D eigenvalue weighted by atomic mass is 10.1. The van der Waals surface area contributed by atoms with Crippen molar-refractivity contribution in [2.24, 2.45) is 11.5 Å². The lowest BCUT2D eigenvalue weighted by Crippen LogP contribution is -2.20. The van der Waals surface area contributed by atoms with Gasteiger partial charge in [0, 0.05) is 57.6 Å². The number of carbonyl (C=O) groups excluding carboxylic acids is 4. The number of carbonyl (C=O) groups is 5. The first-order valence-electron chi connectivity index (χ1n) is 22.3. The van der Waals surface area contributed by atoms with Gasteiger partial charge in [-0.15, -0.1) is 0 Å². The summed E-state index contributed by atoms with van der Waals surface area (Å²) in [5.74, 6) is -1.50. The molecule has 0 saturated carbocycles. The zero-order valence-electron chi connectivity index (χ0n) is 40.6. The minimum absolute atomic E-state index is 0.0872. The van der Waals surface area contributed by atoms with Gasteiger partial charge in [-0.25, -0.2) is 14.8 Å². The van der Waals surface area contributed by atoms with E-state index in [9.17, 15) is 29.1 Å². The van der Waals surface area contributed by atoms with Gasteiger partial charge >= 0.3 is 5.97 Å². The van der Waals surface area contributed by atoms with E-state index in [0.717, 1.165) is 18.5 Å². The number of nitrogens with two attached hydrogens (primary N) is 2. The lowest BCUT2D eigenvalue weighted by molar-refractivity contribution is 0.0689. The minimum atomic E-state index is -1.14. The summed E-state index contributed by atoms with van der Waals surface area (Å²) in [4.78, 5) is 69.1. The van der Waals surface area contributed by atoms with Crippen LogP contribution in [0.2, 0.25) is 0 Å². The molecule has 3 amide bonds. The molecule has 23 heteroatoms. The number of nitrogens with zero attached hydrogens (tertiary/aromatic N) is 10. The molecule has 0 bridgehead atoms. The van der Waals surface area contributed by atoms with E-state index in [1.807, 2.05) is 51.3 Å². The summed E-state index contributed by atoms with van der Waals surface area (Å²) >= 11 is 0. The smallest absolute Gasteiger partial charge is 0.358 e. The number of aromatic nitrogens is 10. The van der Waals surface area contributed by atoms with E-state index in [2.05, 4.69) is 41.2 Å². The van der Waals surface area contributed by atoms with Gasteiger partial charge in [-0.05, 0) is 70.2 Å². The summed E-state index contributed by atoms with van der Waals surface area (Å²) in [6.45, 7) is 13.6. The Kier molecular flexibility index (Phi) is 17.8. The highest BCUT2D eigenvalue weighted by atomic mass is 16.5. The van der Waals surface area contributed by atoms with Gasteiger partial charge in [-0.2, -0.15) is 15.3 Å². The fraction of sp³-hybridized carbons (Fsp3) is 0.319. The van der Waals surface area contributed by atoms with Crippen LogP contribution in [-0.4, -0.2) is 111 Å². The lowest BCUT2D eigenvalue weighted by Gasteiger charge is -2.12. The second-order valence-corrected chi connectivity index (χ2v) is 15.0. The van der Waals surface area contributed by atoms with Gasteiger partial charge in [-0.3, -0.25) is 38.5 Å². The fourth-order valence-corrected chi connectivity index (χ4v) is 7.30. The third-order valence-corrected chi connectivity index (χ3v) is 10.4. The molecule has 2 aromatic carbocycles. The van der Waals surface area contributed by atoms with Gasteiger partial charge in [0.15, 0.2) is 12.0 Å². The second-order valence-electron chi connectivity index (χ2n) is 15.0. The summed E-state index contributed by atoms with van der Waals surface area (Å²) in [6.07, 6.45) is 9.68. The molecule has 0 fully saturated rings. The van der Waals surface area contributed by atoms with Crippen molar-refractivity contribution in [3.8, 4) is 11.5 Å². The van der Waals surface area contributed by atoms with Crippen LogP contribution in [0.15, 0.2) is 66.9 Å².